The van der Waals surface area contributed by atoms with E-state index in [1.165, 1.54) is 28.7 Å². The van der Waals surface area contributed by atoms with Crippen LogP contribution in [0.1, 0.15) is 10.4 Å². The van der Waals surface area contributed by atoms with E-state index in [-0.39, 0.29) is 10.8 Å². The average molecular weight is 500 g/mol. The lowest BCUT2D eigenvalue weighted by atomic mass is 10.1. The van der Waals surface area contributed by atoms with Crippen LogP contribution in [0, 0.1) is 0 Å². The van der Waals surface area contributed by atoms with Gasteiger partial charge in [-0.2, -0.15) is 0 Å². The van der Waals surface area contributed by atoms with E-state index < -0.39 is 9.84 Å². The highest BCUT2D eigenvalue weighted by atomic mass is 35.5. The van der Waals surface area contributed by atoms with Crippen molar-refractivity contribution in [1.82, 2.24) is 9.97 Å². The first-order valence-electron chi connectivity index (χ1n) is 9.35. The number of thiophene rings is 1. The number of aromatic nitrogens is 2. The van der Waals surface area contributed by atoms with Crippen LogP contribution in [0.4, 0.5) is 5.13 Å². The lowest BCUT2D eigenvalue weighted by molar-refractivity contribution is 0.102. The highest BCUT2D eigenvalue weighted by molar-refractivity contribution is 7.90. The first-order valence-corrected chi connectivity index (χ1v) is 13.3. The molecule has 0 spiro atoms. The van der Waals surface area contributed by atoms with Gasteiger partial charge in [0.2, 0.25) is 0 Å². The molecule has 5 rings (SSSR count). The van der Waals surface area contributed by atoms with E-state index in [2.05, 4.69) is 15.3 Å². The molecule has 1 N–H and O–H groups in total. The summed E-state index contributed by atoms with van der Waals surface area (Å²) in [5, 5.41) is 3.96. The van der Waals surface area contributed by atoms with Crippen LogP contribution in [-0.2, 0) is 9.84 Å². The van der Waals surface area contributed by atoms with Gasteiger partial charge in [-0.05, 0) is 42.5 Å². The van der Waals surface area contributed by atoms with Gasteiger partial charge < -0.3 is 0 Å². The molecule has 3 heterocycles. The van der Waals surface area contributed by atoms with Crippen LogP contribution in [0.5, 0.6) is 0 Å². The fourth-order valence-corrected chi connectivity index (χ4v) is 5.92. The van der Waals surface area contributed by atoms with Crippen molar-refractivity contribution in [3.8, 4) is 10.6 Å². The van der Waals surface area contributed by atoms with Crippen LogP contribution in [0.15, 0.2) is 65.6 Å². The maximum Gasteiger partial charge on any atom is 0.258 e. The third-order valence-corrected chi connectivity index (χ3v) is 8.09. The molecule has 32 heavy (non-hydrogen) atoms. The number of benzene rings is 2. The van der Waals surface area contributed by atoms with Gasteiger partial charge in [-0.3, -0.25) is 10.1 Å². The second-order valence-corrected chi connectivity index (χ2v) is 11.8. The lowest BCUT2D eigenvalue weighted by Crippen LogP contribution is -2.12. The molecule has 3 aromatic heterocycles. The fourth-order valence-electron chi connectivity index (χ4n) is 3.29. The molecule has 2 aromatic carbocycles. The molecule has 0 bridgehead atoms. The molecule has 0 unspecified atom stereocenters. The Hall–Kier alpha value is -2.85. The number of nitrogens with zero attached hydrogens (tertiary/aromatic N) is 2. The predicted octanol–water partition coefficient (Wildman–Crippen LogP) is 5.88. The van der Waals surface area contributed by atoms with Gasteiger partial charge in [-0.15, -0.1) is 11.3 Å². The molecule has 6 nitrogen and oxygen atoms in total. The van der Waals surface area contributed by atoms with Crippen molar-refractivity contribution in [3.63, 3.8) is 0 Å². The number of fused-ring (bicyclic) bond motifs is 2. The van der Waals surface area contributed by atoms with Crippen LogP contribution in [0.3, 0.4) is 0 Å². The minimum absolute atomic E-state index is 0.214. The minimum atomic E-state index is -3.33. The van der Waals surface area contributed by atoms with E-state index in [4.69, 9.17) is 11.6 Å². The number of hydrogen-bond donors (Lipinski definition) is 1. The van der Waals surface area contributed by atoms with Crippen molar-refractivity contribution in [2.75, 3.05) is 11.6 Å². The molecule has 0 saturated heterocycles. The Balaban J connectivity index is 1.55. The summed E-state index contributed by atoms with van der Waals surface area (Å²) >= 11 is 8.70. The summed E-state index contributed by atoms with van der Waals surface area (Å²) in [7, 11) is -3.33. The Morgan fingerprint density at radius 2 is 1.78 bits per heavy atom. The number of para-hydroxylation sites is 1. The highest BCUT2D eigenvalue weighted by Crippen LogP contribution is 2.33. The van der Waals surface area contributed by atoms with E-state index in [1.807, 2.05) is 30.3 Å². The molecule has 0 fully saturated rings. The molecule has 0 atom stereocenters. The Morgan fingerprint density at radius 1 is 0.969 bits per heavy atom. The van der Waals surface area contributed by atoms with Crippen molar-refractivity contribution >= 4 is 76.3 Å². The molecule has 160 valence electrons. The molecule has 0 radical (unpaired) electrons. The first-order chi connectivity index (χ1) is 15.3. The van der Waals surface area contributed by atoms with Gasteiger partial charge in [0.05, 0.1) is 41.1 Å². The molecule has 0 aliphatic carbocycles. The van der Waals surface area contributed by atoms with Gasteiger partial charge in [-0.1, -0.05) is 41.1 Å². The van der Waals surface area contributed by atoms with Crippen molar-refractivity contribution in [1.29, 1.82) is 0 Å². The highest BCUT2D eigenvalue weighted by Gasteiger charge is 2.17. The summed E-state index contributed by atoms with van der Waals surface area (Å²) in [5.41, 5.74) is 2.44. The van der Waals surface area contributed by atoms with E-state index in [0.29, 0.717) is 36.5 Å². The molecular weight excluding hydrogens is 486 g/mol. The number of carbonyl (C=O) groups excluding carboxylic acids is 1. The van der Waals surface area contributed by atoms with Crippen molar-refractivity contribution in [2.24, 2.45) is 0 Å². The number of amides is 1. The van der Waals surface area contributed by atoms with Crippen LogP contribution in [0.25, 0.3) is 31.7 Å². The summed E-state index contributed by atoms with van der Waals surface area (Å²) in [4.78, 5) is 23.4. The van der Waals surface area contributed by atoms with Crippen LogP contribution >= 0.6 is 34.3 Å². The summed E-state index contributed by atoms with van der Waals surface area (Å²) in [5.74, 6) is -0.324. The summed E-state index contributed by atoms with van der Waals surface area (Å²) in [6.45, 7) is 0. The number of nitrogens with one attached hydrogen (secondary N) is 1. The molecule has 0 aliphatic rings. The average Bonchev–Trinajstić information content (AvgIpc) is 3.37. The second-order valence-electron chi connectivity index (χ2n) is 7.05. The molecule has 10 heteroatoms. The number of sulfone groups is 1. The number of hydrogen-bond acceptors (Lipinski definition) is 7. The Kier molecular flexibility index (Phi) is 5.21. The Morgan fingerprint density at radius 3 is 2.53 bits per heavy atom. The number of pyridine rings is 1. The van der Waals surface area contributed by atoms with Gasteiger partial charge in [0.15, 0.2) is 15.0 Å². The van der Waals surface area contributed by atoms with Crippen molar-refractivity contribution < 1.29 is 13.2 Å². The molecule has 5 aromatic rings. The van der Waals surface area contributed by atoms with Crippen molar-refractivity contribution in [3.05, 3.63) is 70.6 Å². The summed E-state index contributed by atoms with van der Waals surface area (Å²) in [6, 6.07) is 17.6. The number of halogens is 1. The zero-order valence-electron chi connectivity index (χ0n) is 16.5. The second kappa shape index (κ2) is 7.93. The quantitative estimate of drug-likeness (QED) is 0.333. The van der Waals surface area contributed by atoms with Crippen molar-refractivity contribution in [2.45, 2.75) is 4.90 Å². The van der Waals surface area contributed by atoms with E-state index >= 15 is 0 Å². The van der Waals surface area contributed by atoms with Gasteiger partial charge in [0.25, 0.3) is 5.91 Å². The SMILES string of the molecule is CS(=O)(=O)c1ccc2nc(NC(=O)c3cc(-c4ccc(Cl)s4)nc4ccccc34)sc2c1. The van der Waals surface area contributed by atoms with E-state index in [9.17, 15) is 13.2 Å². The maximum absolute atomic E-state index is 13.2. The standard InChI is InChI=1S/C22H14ClN3O3S3/c1-32(28,29)12-6-7-16-19(10-12)31-22(25-16)26-21(27)14-11-17(18-8-9-20(23)30-18)24-15-5-3-2-4-13(14)15/h2-11H,1H3,(H,25,26,27). The van der Waals surface area contributed by atoms with Gasteiger partial charge in [0, 0.05) is 11.6 Å². The number of rotatable bonds is 4. The monoisotopic (exact) mass is 499 g/mol. The zero-order chi connectivity index (χ0) is 22.5. The number of thiazole rings is 1. The molecule has 0 aliphatic heterocycles. The van der Waals surface area contributed by atoms with Gasteiger partial charge in [-0.25, -0.2) is 18.4 Å². The molecular formula is C22H14ClN3O3S3. The fraction of sp³-hybridized carbons (Fsp3) is 0.0455. The lowest BCUT2D eigenvalue weighted by Gasteiger charge is -2.08. The largest absolute Gasteiger partial charge is 0.298 e. The topological polar surface area (TPSA) is 89.0 Å². The normalized spacial score (nSPS) is 11.8. The third kappa shape index (κ3) is 4.00. The molecule has 0 saturated carbocycles. The van der Waals surface area contributed by atoms with E-state index in [1.54, 1.807) is 24.3 Å². The van der Waals surface area contributed by atoms with E-state index in [0.717, 1.165) is 16.5 Å². The molecule has 1 amide bonds. The number of anilines is 1. The van der Waals surface area contributed by atoms with Crippen LogP contribution < -0.4 is 5.32 Å². The zero-order valence-corrected chi connectivity index (χ0v) is 19.7. The van der Waals surface area contributed by atoms with Crippen LogP contribution in [-0.4, -0.2) is 30.5 Å². The predicted molar refractivity (Wildman–Crippen MR) is 131 cm³/mol. The Bertz CT molecular complexity index is 1620. The Labute approximate surface area is 196 Å². The van der Waals surface area contributed by atoms with Crippen LogP contribution in [0.2, 0.25) is 4.34 Å². The minimum Gasteiger partial charge on any atom is -0.298 e. The third-order valence-electron chi connectivity index (χ3n) is 4.79. The maximum atomic E-state index is 13.2. The smallest absolute Gasteiger partial charge is 0.258 e. The first kappa shape index (κ1) is 21.0. The summed E-state index contributed by atoms with van der Waals surface area (Å²) < 4.78 is 25.0. The van der Waals surface area contributed by atoms with Gasteiger partial charge >= 0.3 is 0 Å². The summed E-state index contributed by atoms with van der Waals surface area (Å²) in [6.07, 6.45) is 1.16. The number of carbonyl (C=O) groups is 1. The van der Waals surface area contributed by atoms with Gasteiger partial charge in [0.1, 0.15) is 0 Å².